The van der Waals surface area contributed by atoms with Gasteiger partial charge in [-0.25, -0.2) is 4.98 Å². The number of hydrogen-bond acceptors (Lipinski definition) is 8. The Morgan fingerprint density at radius 3 is 2.86 bits per heavy atom. The topological polar surface area (TPSA) is 72.7 Å². The second-order valence-electron chi connectivity index (χ2n) is 7.00. The van der Waals surface area contributed by atoms with Crippen LogP contribution < -0.4 is 5.32 Å². The van der Waals surface area contributed by atoms with E-state index in [1.807, 2.05) is 29.9 Å². The van der Waals surface area contributed by atoms with Gasteiger partial charge in [0, 0.05) is 34.6 Å². The molecule has 1 N–H and O–H groups in total. The van der Waals surface area contributed by atoms with Crippen molar-refractivity contribution in [2.75, 3.05) is 11.1 Å². The van der Waals surface area contributed by atoms with Crippen molar-refractivity contribution in [1.29, 1.82) is 0 Å². The zero-order valence-corrected chi connectivity index (χ0v) is 18.4. The number of thioether (sulfide) groups is 1. The van der Waals surface area contributed by atoms with Crippen LogP contribution in [0.4, 0.5) is 5.13 Å². The van der Waals surface area contributed by atoms with Crippen molar-refractivity contribution in [3.05, 3.63) is 34.6 Å². The maximum atomic E-state index is 12.8. The molecular weight excluding hydrogens is 410 g/mol. The van der Waals surface area contributed by atoms with Gasteiger partial charge in [-0.15, -0.1) is 21.5 Å². The van der Waals surface area contributed by atoms with E-state index in [0.29, 0.717) is 11.8 Å². The van der Waals surface area contributed by atoms with E-state index in [2.05, 4.69) is 20.5 Å². The van der Waals surface area contributed by atoms with Crippen LogP contribution in [0, 0.1) is 13.8 Å². The number of hydrogen-bond donors (Lipinski definition) is 1. The largest absolute Gasteiger partial charge is 0.357 e. The molecule has 0 amide bonds. The van der Waals surface area contributed by atoms with Gasteiger partial charge in [-0.1, -0.05) is 42.4 Å². The second-order valence-corrected chi connectivity index (χ2v) is 10.1. The summed E-state index contributed by atoms with van der Waals surface area (Å²) in [4.78, 5) is 17.2. The fourth-order valence-corrected chi connectivity index (χ4v) is 6.08. The summed E-state index contributed by atoms with van der Waals surface area (Å²) in [6, 6.07) is 2.47. The molecule has 3 aromatic heterocycles. The number of aromatic nitrogens is 4. The summed E-state index contributed by atoms with van der Waals surface area (Å²) in [5.41, 5.74) is 2.72. The van der Waals surface area contributed by atoms with E-state index in [1.54, 1.807) is 17.5 Å². The molecule has 0 spiro atoms. The number of anilines is 1. The molecule has 1 aliphatic rings. The first-order valence-corrected chi connectivity index (χ1v) is 12.1. The van der Waals surface area contributed by atoms with Crippen LogP contribution in [-0.4, -0.2) is 37.3 Å². The molecule has 3 heterocycles. The molecule has 4 rings (SSSR count). The zero-order valence-electron chi connectivity index (χ0n) is 16.0. The molecule has 6 nitrogen and oxygen atoms in total. The van der Waals surface area contributed by atoms with Crippen LogP contribution in [0.15, 0.2) is 22.0 Å². The quantitative estimate of drug-likeness (QED) is 0.412. The molecule has 9 heteroatoms. The molecule has 0 aliphatic heterocycles. The standard InChI is InChI=1S/C19H23N5OS3/c1-12-10-15(13(2)24(12)18-20-8-9-26-18)16(25)11-27-19-23-22-17(28-19)21-14-6-4-3-5-7-14/h8-10,14H,3-7,11H2,1-2H3,(H,21,22). The van der Waals surface area contributed by atoms with Gasteiger partial charge in [-0.2, -0.15) is 0 Å². The number of ketones is 1. The van der Waals surface area contributed by atoms with E-state index in [-0.39, 0.29) is 5.78 Å². The van der Waals surface area contributed by atoms with Crippen LogP contribution in [0.3, 0.4) is 0 Å². The predicted octanol–water partition coefficient (Wildman–Crippen LogP) is 5.12. The Balaban J connectivity index is 1.38. The van der Waals surface area contributed by atoms with Gasteiger partial charge in [0.05, 0.1) is 5.75 Å². The molecule has 1 fully saturated rings. The third-order valence-electron chi connectivity index (χ3n) is 5.01. The molecule has 1 saturated carbocycles. The third-order valence-corrected chi connectivity index (χ3v) is 7.75. The van der Waals surface area contributed by atoms with Crippen LogP contribution in [0.25, 0.3) is 5.13 Å². The average Bonchev–Trinajstić information content (AvgIpc) is 3.42. The SMILES string of the molecule is Cc1cc(C(=O)CSc2nnc(NC3CCCCC3)s2)c(C)n1-c1nccs1. The molecule has 3 aromatic rings. The van der Waals surface area contributed by atoms with E-state index in [4.69, 9.17) is 0 Å². The molecule has 1 aliphatic carbocycles. The van der Waals surface area contributed by atoms with Gasteiger partial charge in [0.2, 0.25) is 5.13 Å². The molecule has 148 valence electrons. The Morgan fingerprint density at radius 1 is 1.29 bits per heavy atom. The zero-order chi connectivity index (χ0) is 19.5. The lowest BCUT2D eigenvalue weighted by Crippen LogP contribution is -2.21. The molecule has 0 unspecified atom stereocenters. The van der Waals surface area contributed by atoms with Gasteiger partial charge in [-0.3, -0.25) is 9.36 Å². The van der Waals surface area contributed by atoms with E-state index < -0.39 is 0 Å². The molecule has 0 bridgehead atoms. The molecule has 0 saturated heterocycles. The highest BCUT2D eigenvalue weighted by atomic mass is 32.2. The minimum atomic E-state index is 0.109. The normalized spacial score (nSPS) is 15.1. The van der Waals surface area contributed by atoms with Crippen LogP contribution in [0.2, 0.25) is 0 Å². The fourth-order valence-electron chi connectivity index (χ4n) is 3.62. The highest BCUT2D eigenvalue weighted by Gasteiger charge is 2.19. The summed E-state index contributed by atoms with van der Waals surface area (Å²) in [5.74, 6) is 0.470. The van der Waals surface area contributed by atoms with Crippen molar-refractivity contribution in [1.82, 2.24) is 19.7 Å². The molecule has 28 heavy (non-hydrogen) atoms. The number of carbonyl (C=O) groups excluding carboxylic acids is 1. The van der Waals surface area contributed by atoms with Crippen molar-refractivity contribution in [3.63, 3.8) is 0 Å². The summed E-state index contributed by atoms with van der Waals surface area (Å²) >= 11 is 4.57. The Hall–Kier alpha value is -1.71. The number of nitrogens with one attached hydrogen (secondary N) is 1. The van der Waals surface area contributed by atoms with Crippen molar-refractivity contribution < 1.29 is 4.79 Å². The predicted molar refractivity (Wildman–Crippen MR) is 116 cm³/mol. The maximum absolute atomic E-state index is 12.8. The number of carbonyl (C=O) groups is 1. The first-order chi connectivity index (χ1) is 13.6. The van der Waals surface area contributed by atoms with Gasteiger partial charge >= 0.3 is 0 Å². The van der Waals surface area contributed by atoms with Crippen molar-refractivity contribution in [2.45, 2.75) is 56.3 Å². The number of rotatable bonds is 7. The first kappa shape index (κ1) is 19.6. The maximum Gasteiger partial charge on any atom is 0.206 e. The van der Waals surface area contributed by atoms with Crippen molar-refractivity contribution >= 4 is 45.4 Å². The smallest absolute Gasteiger partial charge is 0.206 e. The van der Waals surface area contributed by atoms with Gasteiger partial charge in [-0.05, 0) is 32.8 Å². The molecule has 0 radical (unpaired) electrons. The van der Waals surface area contributed by atoms with Crippen LogP contribution in [0.1, 0.15) is 53.8 Å². The summed E-state index contributed by atoms with van der Waals surface area (Å²) in [6.07, 6.45) is 8.09. The van der Waals surface area contributed by atoms with E-state index in [0.717, 1.165) is 31.6 Å². The average molecular weight is 434 g/mol. The summed E-state index contributed by atoms with van der Waals surface area (Å²) in [5, 5.41) is 15.7. The van der Waals surface area contributed by atoms with Gasteiger partial charge in [0.1, 0.15) is 0 Å². The number of nitrogens with zero attached hydrogens (tertiary/aromatic N) is 4. The molecule has 0 aromatic carbocycles. The minimum absolute atomic E-state index is 0.109. The third kappa shape index (κ3) is 4.31. The number of Topliss-reactive ketones (excluding diaryl/α,β-unsaturated/α-hetero) is 1. The molecule has 0 atom stereocenters. The lowest BCUT2D eigenvalue weighted by molar-refractivity contribution is 0.102. The summed E-state index contributed by atoms with van der Waals surface area (Å²) < 4.78 is 2.88. The van der Waals surface area contributed by atoms with Gasteiger partial charge in [0.15, 0.2) is 15.3 Å². The van der Waals surface area contributed by atoms with Gasteiger partial charge < -0.3 is 5.32 Å². The number of aryl methyl sites for hydroxylation is 1. The Kier molecular flexibility index (Phi) is 6.13. The Labute approximate surface area is 176 Å². The Bertz CT molecular complexity index is 941. The van der Waals surface area contributed by atoms with Crippen molar-refractivity contribution in [2.24, 2.45) is 0 Å². The van der Waals surface area contributed by atoms with E-state index in [9.17, 15) is 4.79 Å². The van der Waals surface area contributed by atoms with Crippen molar-refractivity contribution in [3.8, 4) is 5.13 Å². The summed E-state index contributed by atoms with van der Waals surface area (Å²) in [7, 11) is 0. The molecular formula is C19H23N5OS3. The highest BCUT2D eigenvalue weighted by Crippen LogP contribution is 2.30. The monoisotopic (exact) mass is 433 g/mol. The number of thiazole rings is 1. The van der Waals surface area contributed by atoms with E-state index in [1.165, 1.54) is 55.2 Å². The highest BCUT2D eigenvalue weighted by molar-refractivity contribution is 8.01. The fraction of sp³-hybridized carbons (Fsp3) is 0.474. The Morgan fingerprint density at radius 2 is 2.11 bits per heavy atom. The summed E-state index contributed by atoms with van der Waals surface area (Å²) in [6.45, 7) is 3.98. The lowest BCUT2D eigenvalue weighted by Gasteiger charge is -2.21. The second kappa shape index (κ2) is 8.75. The van der Waals surface area contributed by atoms with Crippen LogP contribution in [0.5, 0.6) is 0 Å². The minimum Gasteiger partial charge on any atom is -0.357 e. The van der Waals surface area contributed by atoms with Crippen LogP contribution >= 0.6 is 34.4 Å². The lowest BCUT2D eigenvalue weighted by atomic mass is 9.96. The first-order valence-electron chi connectivity index (χ1n) is 9.46. The van der Waals surface area contributed by atoms with E-state index >= 15 is 0 Å². The van der Waals surface area contributed by atoms with Gasteiger partial charge in [0.25, 0.3) is 0 Å². The van der Waals surface area contributed by atoms with Crippen LogP contribution in [-0.2, 0) is 0 Å².